The molecule has 0 aromatic carbocycles. The van der Waals surface area contributed by atoms with E-state index < -0.39 is 0 Å². The first-order chi connectivity index (χ1) is 14.1. The predicted octanol–water partition coefficient (Wildman–Crippen LogP) is 0.244. The Balaban J connectivity index is 1.26. The Bertz CT molecular complexity index is 709. The molecule has 3 aliphatic rings. The summed E-state index contributed by atoms with van der Waals surface area (Å²) in [7, 11) is 0. The summed E-state index contributed by atoms with van der Waals surface area (Å²) in [6, 6.07) is 0. The molecule has 1 aromatic rings. The molecule has 1 N–H and O–H groups in total. The van der Waals surface area contributed by atoms with Crippen LogP contribution in [0.25, 0.3) is 0 Å². The van der Waals surface area contributed by atoms with E-state index in [2.05, 4.69) is 15.5 Å². The van der Waals surface area contributed by atoms with Gasteiger partial charge in [0.2, 0.25) is 17.7 Å². The molecular weight excluding hydrogens is 374 g/mol. The van der Waals surface area contributed by atoms with Crippen LogP contribution in [-0.2, 0) is 20.7 Å². The zero-order chi connectivity index (χ0) is 20.2. The summed E-state index contributed by atoms with van der Waals surface area (Å²) in [5, 5.41) is 7.16. The molecule has 4 heterocycles. The molecule has 9 nitrogen and oxygen atoms in total. The van der Waals surface area contributed by atoms with Crippen LogP contribution in [0.1, 0.15) is 31.0 Å². The highest BCUT2D eigenvalue weighted by atomic mass is 16.5. The lowest BCUT2D eigenvalue weighted by atomic mass is 9.87. The number of aromatic nitrogens is 2. The first-order valence-electron chi connectivity index (χ1n) is 10.8. The molecule has 0 radical (unpaired) electrons. The number of rotatable bonds is 4. The number of nitrogens with zero attached hydrogens (tertiary/aromatic N) is 4. The van der Waals surface area contributed by atoms with Crippen molar-refractivity contribution < 1.29 is 18.8 Å². The minimum absolute atomic E-state index is 0.117. The van der Waals surface area contributed by atoms with E-state index in [0.717, 1.165) is 32.4 Å². The summed E-state index contributed by atoms with van der Waals surface area (Å²) in [5.74, 6) is 1.93. The Hall–Kier alpha value is -2.00. The van der Waals surface area contributed by atoms with E-state index in [4.69, 9.17) is 9.26 Å². The van der Waals surface area contributed by atoms with E-state index in [0.29, 0.717) is 63.4 Å². The number of amides is 2. The molecule has 3 aliphatic heterocycles. The Morgan fingerprint density at radius 3 is 2.24 bits per heavy atom. The molecular formula is C20H31N5O4. The molecule has 160 valence electrons. The number of piperidine rings is 2. The van der Waals surface area contributed by atoms with Crippen molar-refractivity contribution in [2.45, 2.75) is 32.6 Å². The Labute approximate surface area is 171 Å². The highest BCUT2D eigenvalue weighted by molar-refractivity contribution is 5.83. The van der Waals surface area contributed by atoms with Crippen molar-refractivity contribution >= 4 is 11.8 Å². The van der Waals surface area contributed by atoms with Gasteiger partial charge in [-0.1, -0.05) is 5.16 Å². The monoisotopic (exact) mass is 405 g/mol. The summed E-state index contributed by atoms with van der Waals surface area (Å²) >= 11 is 0. The lowest BCUT2D eigenvalue weighted by Crippen LogP contribution is -2.52. The Morgan fingerprint density at radius 1 is 1.03 bits per heavy atom. The summed E-state index contributed by atoms with van der Waals surface area (Å²) in [6.45, 7) is 7.17. The molecule has 9 heteroatoms. The van der Waals surface area contributed by atoms with Gasteiger partial charge in [-0.3, -0.25) is 9.59 Å². The second kappa shape index (κ2) is 9.21. The van der Waals surface area contributed by atoms with Gasteiger partial charge in [-0.05, 0) is 32.1 Å². The molecule has 0 spiro atoms. The third-order valence-corrected chi connectivity index (χ3v) is 6.33. The van der Waals surface area contributed by atoms with Crippen molar-refractivity contribution in [1.82, 2.24) is 25.3 Å². The van der Waals surface area contributed by atoms with Gasteiger partial charge in [0, 0.05) is 45.7 Å². The number of aryl methyl sites for hydroxylation is 1. The van der Waals surface area contributed by atoms with E-state index in [1.165, 1.54) is 0 Å². The molecule has 3 fully saturated rings. The number of hydrogen-bond acceptors (Lipinski definition) is 7. The van der Waals surface area contributed by atoms with Crippen LogP contribution in [0.15, 0.2) is 4.52 Å². The van der Waals surface area contributed by atoms with Crippen LogP contribution >= 0.6 is 0 Å². The van der Waals surface area contributed by atoms with Crippen LogP contribution in [0.4, 0.5) is 0 Å². The van der Waals surface area contributed by atoms with Gasteiger partial charge in [0.15, 0.2) is 5.82 Å². The van der Waals surface area contributed by atoms with Gasteiger partial charge in [0.25, 0.3) is 0 Å². The normalized spacial score (nSPS) is 26.5. The quantitative estimate of drug-likeness (QED) is 0.766. The minimum atomic E-state index is -0.117. The van der Waals surface area contributed by atoms with Crippen LogP contribution in [0.3, 0.4) is 0 Å². The van der Waals surface area contributed by atoms with Crippen molar-refractivity contribution in [2.24, 2.45) is 17.8 Å². The lowest BCUT2D eigenvalue weighted by Gasteiger charge is -2.38. The fraction of sp³-hybridized carbons (Fsp3) is 0.800. The molecule has 4 rings (SSSR count). The standard InChI is InChI=1S/C20H31N5O4/c1-14-22-18(29-23-14)10-15-2-4-24(5-3-15)19(26)16-11-17(13-21-12-16)20(27)25-6-8-28-9-7-25/h15-17,21H,2-13H2,1H3/t16-,17-/m0/s1. The number of likely N-dealkylation sites (tertiary alicyclic amines) is 1. The maximum Gasteiger partial charge on any atom is 0.227 e. The van der Waals surface area contributed by atoms with Gasteiger partial charge < -0.3 is 24.4 Å². The summed E-state index contributed by atoms with van der Waals surface area (Å²) in [6.07, 6.45) is 3.32. The van der Waals surface area contributed by atoms with Gasteiger partial charge in [-0.25, -0.2) is 0 Å². The fourth-order valence-electron chi connectivity index (χ4n) is 4.65. The molecule has 2 atom stereocenters. The maximum absolute atomic E-state index is 13.1. The summed E-state index contributed by atoms with van der Waals surface area (Å²) < 4.78 is 10.6. The molecule has 0 saturated carbocycles. The van der Waals surface area contributed by atoms with E-state index in [1.54, 1.807) is 0 Å². The molecule has 2 amide bonds. The van der Waals surface area contributed by atoms with Gasteiger partial charge >= 0.3 is 0 Å². The molecule has 29 heavy (non-hydrogen) atoms. The molecule has 1 aromatic heterocycles. The average molecular weight is 405 g/mol. The van der Waals surface area contributed by atoms with Gasteiger partial charge in [-0.15, -0.1) is 0 Å². The van der Waals surface area contributed by atoms with Crippen LogP contribution in [0, 0.1) is 24.7 Å². The number of carbonyl (C=O) groups is 2. The highest BCUT2D eigenvalue weighted by Gasteiger charge is 2.36. The molecule has 3 saturated heterocycles. The van der Waals surface area contributed by atoms with Crippen LogP contribution < -0.4 is 5.32 Å². The number of nitrogens with one attached hydrogen (secondary N) is 1. The molecule has 0 bridgehead atoms. The van der Waals surface area contributed by atoms with E-state index >= 15 is 0 Å². The Kier molecular flexibility index (Phi) is 6.44. The zero-order valence-electron chi connectivity index (χ0n) is 17.1. The first kappa shape index (κ1) is 20.3. The molecule has 0 aliphatic carbocycles. The number of ether oxygens (including phenoxy) is 1. The van der Waals surface area contributed by atoms with Crippen molar-refractivity contribution in [1.29, 1.82) is 0 Å². The topological polar surface area (TPSA) is 101 Å². The molecule has 0 unspecified atom stereocenters. The predicted molar refractivity (Wildman–Crippen MR) is 104 cm³/mol. The van der Waals surface area contributed by atoms with Crippen LogP contribution in [0.2, 0.25) is 0 Å². The smallest absolute Gasteiger partial charge is 0.227 e. The van der Waals surface area contributed by atoms with Crippen molar-refractivity contribution in [2.75, 3.05) is 52.5 Å². The Morgan fingerprint density at radius 2 is 1.66 bits per heavy atom. The third-order valence-electron chi connectivity index (χ3n) is 6.33. The van der Waals surface area contributed by atoms with Gasteiger partial charge in [-0.2, -0.15) is 4.98 Å². The zero-order valence-corrected chi connectivity index (χ0v) is 17.1. The first-order valence-corrected chi connectivity index (χ1v) is 10.8. The summed E-state index contributed by atoms with van der Waals surface area (Å²) in [4.78, 5) is 34.0. The largest absolute Gasteiger partial charge is 0.378 e. The van der Waals surface area contributed by atoms with Gasteiger partial charge in [0.05, 0.1) is 25.0 Å². The maximum atomic E-state index is 13.1. The SMILES string of the molecule is Cc1noc(CC2CCN(C(=O)[C@@H]3CNC[C@@H](C(=O)N4CCOCC4)C3)CC2)n1. The minimum Gasteiger partial charge on any atom is -0.378 e. The number of morpholine rings is 1. The number of hydrogen-bond donors (Lipinski definition) is 1. The van der Waals surface area contributed by atoms with E-state index in [-0.39, 0.29) is 23.7 Å². The second-order valence-electron chi connectivity index (χ2n) is 8.43. The van der Waals surface area contributed by atoms with E-state index in [9.17, 15) is 9.59 Å². The van der Waals surface area contributed by atoms with Crippen LogP contribution in [0.5, 0.6) is 0 Å². The van der Waals surface area contributed by atoms with Crippen LogP contribution in [-0.4, -0.2) is 84.2 Å². The van der Waals surface area contributed by atoms with Crippen molar-refractivity contribution in [3.63, 3.8) is 0 Å². The van der Waals surface area contributed by atoms with E-state index in [1.807, 2.05) is 16.7 Å². The summed E-state index contributed by atoms with van der Waals surface area (Å²) in [5.41, 5.74) is 0. The van der Waals surface area contributed by atoms with Crippen molar-refractivity contribution in [3.8, 4) is 0 Å². The average Bonchev–Trinajstić information content (AvgIpc) is 3.18. The fourth-order valence-corrected chi connectivity index (χ4v) is 4.65. The number of carbonyl (C=O) groups excluding carboxylic acids is 2. The van der Waals surface area contributed by atoms with Crippen molar-refractivity contribution in [3.05, 3.63) is 11.7 Å². The lowest BCUT2D eigenvalue weighted by molar-refractivity contribution is -0.143. The third kappa shape index (κ3) is 4.95. The second-order valence-corrected chi connectivity index (χ2v) is 8.43. The highest BCUT2D eigenvalue weighted by Crippen LogP contribution is 2.26. The van der Waals surface area contributed by atoms with Gasteiger partial charge in [0.1, 0.15) is 0 Å².